The molecule has 1 aliphatic heterocycles. The molecule has 1 saturated heterocycles. The number of aliphatic hydroxyl groups excluding tert-OH is 1. The maximum absolute atomic E-state index is 9.43. The molecule has 0 radical (unpaired) electrons. The van der Waals surface area contributed by atoms with E-state index in [4.69, 9.17) is 4.98 Å². The van der Waals surface area contributed by atoms with Crippen LogP contribution in [-0.4, -0.2) is 74.5 Å². The van der Waals surface area contributed by atoms with Crippen molar-refractivity contribution in [1.82, 2.24) is 29.5 Å². The van der Waals surface area contributed by atoms with Crippen molar-refractivity contribution in [1.29, 1.82) is 0 Å². The van der Waals surface area contributed by atoms with Crippen LogP contribution in [0.4, 0.5) is 0 Å². The van der Waals surface area contributed by atoms with Gasteiger partial charge in [-0.3, -0.25) is 4.90 Å². The number of H-pyrrole nitrogens is 1. The van der Waals surface area contributed by atoms with Gasteiger partial charge >= 0.3 is 0 Å². The fraction of sp³-hybridized carbons (Fsp3) is 0.474. The summed E-state index contributed by atoms with van der Waals surface area (Å²) in [7, 11) is 2.17. The van der Waals surface area contributed by atoms with Crippen molar-refractivity contribution in [2.24, 2.45) is 0 Å². The van der Waals surface area contributed by atoms with Crippen molar-refractivity contribution in [3.63, 3.8) is 0 Å². The first kappa shape index (κ1) is 17.2. The quantitative estimate of drug-likeness (QED) is 0.727. The lowest BCUT2D eigenvalue weighted by Gasteiger charge is -2.19. The highest BCUT2D eigenvalue weighted by atomic mass is 16.3. The predicted molar refractivity (Wildman–Crippen MR) is 102 cm³/mol. The van der Waals surface area contributed by atoms with Gasteiger partial charge in [-0.15, -0.1) is 0 Å². The number of para-hydroxylation sites is 1. The Morgan fingerprint density at radius 3 is 2.92 bits per heavy atom. The van der Waals surface area contributed by atoms with Crippen molar-refractivity contribution < 1.29 is 5.11 Å². The van der Waals surface area contributed by atoms with Crippen LogP contribution in [0.25, 0.3) is 22.3 Å². The van der Waals surface area contributed by atoms with Gasteiger partial charge in [-0.05, 0) is 32.6 Å². The summed E-state index contributed by atoms with van der Waals surface area (Å²) in [6.45, 7) is 5.61. The van der Waals surface area contributed by atoms with Gasteiger partial charge in [0.25, 0.3) is 0 Å². The minimum absolute atomic E-state index is 0.0619. The highest BCUT2D eigenvalue weighted by molar-refractivity contribution is 5.93. The Hall–Kier alpha value is -2.22. The highest BCUT2D eigenvalue weighted by Gasteiger charge is 2.18. The third kappa shape index (κ3) is 3.51. The standard InChI is InChI=1S/C19H26N6O/c1-23-7-4-8-24(10-9-23)14-18-21-19(22-25(18)11-12-26)16-13-20-17-6-3-2-5-15(16)17/h2-3,5-6,13,20,26H,4,7-12,14H2,1H3. The van der Waals surface area contributed by atoms with Gasteiger partial charge < -0.3 is 15.0 Å². The van der Waals surface area contributed by atoms with E-state index >= 15 is 0 Å². The first-order valence-electron chi connectivity index (χ1n) is 9.26. The molecular formula is C19H26N6O. The molecule has 2 aromatic heterocycles. The zero-order valence-electron chi connectivity index (χ0n) is 15.2. The van der Waals surface area contributed by atoms with Gasteiger partial charge in [-0.25, -0.2) is 9.67 Å². The summed E-state index contributed by atoms with van der Waals surface area (Å²) in [5.41, 5.74) is 2.09. The Bertz CT molecular complexity index is 870. The molecule has 0 unspecified atom stereocenters. The van der Waals surface area contributed by atoms with Gasteiger partial charge in [0, 0.05) is 35.8 Å². The number of hydrogen-bond acceptors (Lipinski definition) is 5. The monoisotopic (exact) mass is 354 g/mol. The molecule has 2 N–H and O–H groups in total. The summed E-state index contributed by atoms with van der Waals surface area (Å²) in [5.74, 6) is 1.64. The van der Waals surface area contributed by atoms with Crippen molar-refractivity contribution in [2.45, 2.75) is 19.5 Å². The van der Waals surface area contributed by atoms with E-state index in [-0.39, 0.29) is 6.61 Å². The van der Waals surface area contributed by atoms with Gasteiger partial charge in [-0.1, -0.05) is 18.2 Å². The van der Waals surface area contributed by atoms with Crippen LogP contribution in [0.5, 0.6) is 0 Å². The fourth-order valence-corrected chi connectivity index (χ4v) is 3.59. The summed E-state index contributed by atoms with van der Waals surface area (Å²) in [6.07, 6.45) is 3.13. The molecule has 1 aliphatic rings. The van der Waals surface area contributed by atoms with E-state index in [2.05, 4.69) is 39.1 Å². The summed E-state index contributed by atoms with van der Waals surface area (Å²) in [6, 6.07) is 8.18. The van der Waals surface area contributed by atoms with Gasteiger partial charge in [0.05, 0.1) is 19.7 Å². The average Bonchev–Trinajstić information content (AvgIpc) is 3.17. The number of aromatic amines is 1. The van der Waals surface area contributed by atoms with Gasteiger partial charge in [0.1, 0.15) is 5.82 Å². The molecule has 7 nitrogen and oxygen atoms in total. The van der Waals surface area contributed by atoms with Crippen LogP contribution in [0.1, 0.15) is 12.2 Å². The zero-order valence-corrected chi connectivity index (χ0v) is 15.2. The number of hydrogen-bond donors (Lipinski definition) is 2. The third-order valence-electron chi connectivity index (χ3n) is 5.07. The minimum atomic E-state index is 0.0619. The Labute approximate surface area is 153 Å². The summed E-state index contributed by atoms with van der Waals surface area (Å²) in [5, 5.41) is 15.2. The van der Waals surface area contributed by atoms with Crippen LogP contribution >= 0.6 is 0 Å². The number of benzene rings is 1. The van der Waals surface area contributed by atoms with E-state index < -0.39 is 0 Å². The molecular weight excluding hydrogens is 328 g/mol. The average molecular weight is 354 g/mol. The molecule has 3 aromatic rings. The van der Waals surface area contributed by atoms with Crippen molar-refractivity contribution in [3.8, 4) is 11.4 Å². The maximum Gasteiger partial charge on any atom is 0.183 e. The van der Waals surface area contributed by atoms with Crippen LogP contribution in [0.15, 0.2) is 30.5 Å². The Kier molecular flexibility index (Phi) is 5.01. The second-order valence-corrected chi connectivity index (χ2v) is 6.98. The molecule has 138 valence electrons. The van der Waals surface area contributed by atoms with Crippen LogP contribution in [0, 0.1) is 0 Å². The molecule has 7 heteroatoms. The second kappa shape index (κ2) is 7.57. The molecule has 0 bridgehead atoms. The Balaban J connectivity index is 1.62. The van der Waals surface area contributed by atoms with Crippen molar-refractivity contribution in [2.75, 3.05) is 39.8 Å². The van der Waals surface area contributed by atoms with E-state index in [0.29, 0.717) is 6.54 Å². The molecule has 4 rings (SSSR count). The van der Waals surface area contributed by atoms with E-state index in [1.165, 1.54) is 6.42 Å². The fourth-order valence-electron chi connectivity index (χ4n) is 3.59. The van der Waals surface area contributed by atoms with E-state index in [0.717, 1.165) is 60.8 Å². The Morgan fingerprint density at radius 1 is 1.15 bits per heavy atom. The second-order valence-electron chi connectivity index (χ2n) is 6.98. The van der Waals surface area contributed by atoms with Crippen LogP contribution in [-0.2, 0) is 13.1 Å². The third-order valence-corrected chi connectivity index (χ3v) is 5.07. The van der Waals surface area contributed by atoms with E-state index in [1.54, 1.807) is 0 Å². The Morgan fingerprint density at radius 2 is 2.04 bits per heavy atom. The van der Waals surface area contributed by atoms with Gasteiger partial charge in [-0.2, -0.15) is 5.10 Å². The molecule has 0 atom stereocenters. The molecule has 0 spiro atoms. The van der Waals surface area contributed by atoms with E-state index in [9.17, 15) is 5.11 Å². The van der Waals surface area contributed by atoms with Crippen molar-refractivity contribution >= 4 is 10.9 Å². The summed E-state index contributed by atoms with van der Waals surface area (Å²) < 4.78 is 1.85. The number of rotatable bonds is 5. The lowest BCUT2D eigenvalue weighted by Crippen LogP contribution is -2.30. The minimum Gasteiger partial charge on any atom is -0.394 e. The summed E-state index contributed by atoms with van der Waals surface area (Å²) >= 11 is 0. The smallest absolute Gasteiger partial charge is 0.183 e. The molecule has 0 saturated carbocycles. The molecule has 1 fully saturated rings. The number of aliphatic hydroxyl groups is 1. The molecule has 0 amide bonds. The predicted octanol–water partition coefficient (Wildman–Crippen LogP) is 1.56. The molecule has 0 aliphatic carbocycles. The zero-order chi connectivity index (χ0) is 17.9. The molecule has 3 heterocycles. The maximum atomic E-state index is 9.43. The number of nitrogens with one attached hydrogen (secondary N) is 1. The number of nitrogens with zero attached hydrogens (tertiary/aromatic N) is 5. The lowest BCUT2D eigenvalue weighted by atomic mass is 10.2. The lowest BCUT2D eigenvalue weighted by molar-refractivity contribution is 0.242. The molecule has 26 heavy (non-hydrogen) atoms. The SMILES string of the molecule is CN1CCCN(Cc2nc(-c3c[nH]c4ccccc34)nn2CCO)CC1. The van der Waals surface area contributed by atoms with Crippen LogP contribution in [0.2, 0.25) is 0 Å². The van der Waals surface area contributed by atoms with Crippen LogP contribution in [0.3, 0.4) is 0 Å². The number of aromatic nitrogens is 4. The number of fused-ring (bicyclic) bond motifs is 1. The largest absolute Gasteiger partial charge is 0.394 e. The summed E-state index contributed by atoms with van der Waals surface area (Å²) in [4.78, 5) is 12.9. The number of likely N-dealkylation sites (N-methyl/N-ethyl adjacent to an activating group) is 1. The topological polar surface area (TPSA) is 73.2 Å². The van der Waals surface area contributed by atoms with E-state index in [1.807, 2.05) is 23.0 Å². The van der Waals surface area contributed by atoms with Gasteiger partial charge in [0.2, 0.25) is 0 Å². The van der Waals surface area contributed by atoms with Crippen molar-refractivity contribution in [3.05, 3.63) is 36.3 Å². The van der Waals surface area contributed by atoms with Gasteiger partial charge in [0.15, 0.2) is 5.82 Å². The highest BCUT2D eigenvalue weighted by Crippen LogP contribution is 2.26. The first-order chi connectivity index (χ1) is 12.7. The van der Waals surface area contributed by atoms with Crippen LogP contribution < -0.4 is 0 Å². The first-order valence-corrected chi connectivity index (χ1v) is 9.26. The molecule has 1 aromatic carbocycles. The normalized spacial score (nSPS) is 17.0.